The van der Waals surface area contributed by atoms with Crippen LogP contribution in [0.5, 0.6) is 5.06 Å². The molecule has 1 unspecified atom stereocenters. The van der Waals surface area contributed by atoms with E-state index in [1.807, 2.05) is 30.3 Å². The van der Waals surface area contributed by atoms with Crippen LogP contribution in [0, 0.1) is 0 Å². The van der Waals surface area contributed by atoms with E-state index in [1.165, 1.54) is 23.1 Å². The van der Waals surface area contributed by atoms with Crippen molar-refractivity contribution in [3.63, 3.8) is 0 Å². The van der Waals surface area contributed by atoms with Crippen LogP contribution in [0.15, 0.2) is 30.3 Å². The van der Waals surface area contributed by atoms with Crippen molar-refractivity contribution in [3.05, 3.63) is 51.4 Å². The first-order chi connectivity index (χ1) is 12.4. The van der Waals surface area contributed by atoms with Crippen LogP contribution in [0.25, 0.3) is 0 Å². The second-order valence-electron chi connectivity index (χ2n) is 6.48. The van der Waals surface area contributed by atoms with Crippen LogP contribution in [0.2, 0.25) is 5.02 Å². The fraction of sp³-hybridized carbons (Fsp3) is 0.368. The highest BCUT2D eigenvalue weighted by Gasteiger charge is 2.33. The highest BCUT2D eigenvalue weighted by atomic mass is 35.5. The molecule has 1 aromatic carbocycles. The van der Waals surface area contributed by atoms with Crippen molar-refractivity contribution < 1.29 is 14.3 Å². The Morgan fingerprint density at radius 2 is 2.04 bits per heavy atom. The molecule has 1 aliphatic heterocycles. The lowest BCUT2D eigenvalue weighted by molar-refractivity contribution is -0.135. The highest BCUT2D eigenvalue weighted by Crippen LogP contribution is 2.37. The number of carbonyl (C=O) groups excluding carboxylic acids is 2. The van der Waals surface area contributed by atoms with E-state index < -0.39 is 6.04 Å². The Balaban J connectivity index is 1.91. The molecule has 0 spiro atoms. The summed E-state index contributed by atoms with van der Waals surface area (Å²) in [6.45, 7) is 2.75. The van der Waals surface area contributed by atoms with Crippen LogP contribution in [0.4, 0.5) is 0 Å². The molecular weight excluding hydrogens is 372 g/mol. The maximum absolute atomic E-state index is 12.9. The van der Waals surface area contributed by atoms with Crippen LogP contribution in [-0.4, -0.2) is 42.3 Å². The summed E-state index contributed by atoms with van der Waals surface area (Å²) >= 11 is 7.90. The molecule has 0 N–H and O–H groups in total. The molecule has 2 aromatic rings. The quantitative estimate of drug-likeness (QED) is 0.747. The first-order valence-electron chi connectivity index (χ1n) is 8.36. The lowest BCUT2D eigenvalue weighted by atomic mass is 10.00. The Morgan fingerprint density at radius 3 is 2.69 bits per heavy atom. The fourth-order valence-electron chi connectivity index (χ4n) is 3.17. The van der Waals surface area contributed by atoms with E-state index in [-0.39, 0.29) is 11.9 Å². The molecule has 7 heteroatoms. The molecule has 138 valence electrons. The molecule has 5 nitrogen and oxygen atoms in total. The van der Waals surface area contributed by atoms with Crippen LogP contribution in [0.1, 0.15) is 29.0 Å². The third kappa shape index (κ3) is 3.92. The average Bonchev–Trinajstić information content (AvgIpc) is 2.97. The van der Waals surface area contributed by atoms with Gasteiger partial charge in [-0.2, -0.15) is 0 Å². The second kappa shape index (κ2) is 7.78. The summed E-state index contributed by atoms with van der Waals surface area (Å²) < 4.78 is 5.22. The van der Waals surface area contributed by atoms with Crippen molar-refractivity contribution in [2.45, 2.75) is 25.9 Å². The van der Waals surface area contributed by atoms with E-state index in [0.29, 0.717) is 16.6 Å². The van der Waals surface area contributed by atoms with Gasteiger partial charge in [-0.25, -0.2) is 0 Å². The van der Waals surface area contributed by atoms with Crippen molar-refractivity contribution >= 4 is 34.8 Å². The van der Waals surface area contributed by atoms with Gasteiger partial charge in [-0.15, -0.1) is 11.3 Å². The van der Waals surface area contributed by atoms with Crippen molar-refractivity contribution in [2.24, 2.45) is 0 Å². The largest absolute Gasteiger partial charge is 0.416 e. The molecule has 1 amide bonds. The summed E-state index contributed by atoms with van der Waals surface area (Å²) in [5, 5.41) is 1.20. The number of carbonyl (C=O) groups is 2. The molecular formula is C19H21ClN2O3S. The van der Waals surface area contributed by atoms with Gasteiger partial charge in [-0.3, -0.25) is 14.5 Å². The standard InChI is InChI=1S/C19H21ClN2O3S/c1-12(23)25-17-10-13-11-22(9-8-16(13)26-17)18(19(24)21(2)3)14-6-4-5-7-15(14)20/h4-7,10,18H,8-9,11H2,1-3H3. The molecule has 2 heterocycles. The van der Waals surface area contributed by atoms with Crippen molar-refractivity contribution in [2.75, 3.05) is 20.6 Å². The number of nitrogens with zero attached hydrogens (tertiary/aromatic N) is 2. The summed E-state index contributed by atoms with van der Waals surface area (Å²) in [5.74, 6) is -0.325. The molecule has 0 aliphatic carbocycles. The van der Waals surface area contributed by atoms with E-state index in [4.69, 9.17) is 16.3 Å². The van der Waals surface area contributed by atoms with E-state index in [0.717, 1.165) is 24.1 Å². The fourth-order valence-corrected chi connectivity index (χ4v) is 4.46. The maximum atomic E-state index is 12.9. The highest BCUT2D eigenvalue weighted by molar-refractivity contribution is 7.14. The molecule has 0 saturated heterocycles. The van der Waals surface area contributed by atoms with Crippen LogP contribution in [0.3, 0.4) is 0 Å². The second-order valence-corrected chi connectivity index (χ2v) is 7.99. The predicted molar refractivity (Wildman–Crippen MR) is 103 cm³/mol. The molecule has 0 saturated carbocycles. The molecule has 1 aliphatic rings. The minimum Gasteiger partial charge on any atom is -0.416 e. The zero-order chi connectivity index (χ0) is 18.8. The third-order valence-electron chi connectivity index (χ3n) is 4.36. The van der Waals surface area contributed by atoms with Gasteiger partial charge in [-0.1, -0.05) is 29.8 Å². The van der Waals surface area contributed by atoms with Crippen LogP contribution < -0.4 is 4.74 Å². The van der Waals surface area contributed by atoms with Gasteiger partial charge in [0.1, 0.15) is 6.04 Å². The normalized spacial score (nSPS) is 15.2. The number of hydrogen-bond donors (Lipinski definition) is 0. The van der Waals surface area contributed by atoms with E-state index in [9.17, 15) is 9.59 Å². The molecule has 0 radical (unpaired) electrons. The predicted octanol–water partition coefficient (Wildman–Crippen LogP) is 3.51. The Kier molecular flexibility index (Phi) is 5.65. The monoisotopic (exact) mass is 392 g/mol. The number of esters is 1. The summed E-state index contributed by atoms with van der Waals surface area (Å²) in [4.78, 5) is 29.0. The van der Waals surface area contributed by atoms with Gasteiger partial charge in [0.15, 0.2) is 5.06 Å². The SMILES string of the molecule is CC(=O)Oc1cc2c(s1)CCN(C(C(=O)N(C)C)c1ccccc1Cl)C2. The Bertz CT molecular complexity index is 834. The number of amides is 1. The molecule has 3 rings (SSSR count). The van der Waals surface area contributed by atoms with E-state index >= 15 is 0 Å². The van der Waals surface area contributed by atoms with Crippen molar-refractivity contribution in [1.82, 2.24) is 9.80 Å². The molecule has 0 fully saturated rings. The average molecular weight is 393 g/mol. The first kappa shape index (κ1) is 18.9. The van der Waals surface area contributed by atoms with Gasteiger partial charge in [-0.05, 0) is 29.7 Å². The summed E-state index contributed by atoms with van der Waals surface area (Å²) in [6, 6.07) is 8.94. The van der Waals surface area contributed by atoms with Crippen LogP contribution in [-0.2, 0) is 22.6 Å². The van der Waals surface area contributed by atoms with Gasteiger partial charge in [0.05, 0.1) is 0 Å². The number of hydrogen-bond acceptors (Lipinski definition) is 5. The van der Waals surface area contributed by atoms with E-state index in [1.54, 1.807) is 19.0 Å². The molecule has 26 heavy (non-hydrogen) atoms. The van der Waals surface area contributed by atoms with Gasteiger partial charge in [0.25, 0.3) is 0 Å². The zero-order valence-electron chi connectivity index (χ0n) is 15.0. The Hall–Kier alpha value is -1.89. The number of halogens is 1. The summed E-state index contributed by atoms with van der Waals surface area (Å²) in [7, 11) is 3.51. The number of fused-ring (bicyclic) bond motifs is 1. The Morgan fingerprint density at radius 1 is 1.31 bits per heavy atom. The molecule has 1 aromatic heterocycles. The summed E-state index contributed by atoms with van der Waals surface area (Å²) in [6.07, 6.45) is 0.808. The van der Waals surface area contributed by atoms with Gasteiger partial charge in [0, 0.05) is 44.0 Å². The summed E-state index contributed by atoms with van der Waals surface area (Å²) in [5.41, 5.74) is 1.91. The zero-order valence-corrected chi connectivity index (χ0v) is 16.6. The molecule has 1 atom stereocenters. The number of ether oxygens (including phenoxy) is 1. The third-order valence-corrected chi connectivity index (χ3v) is 5.82. The van der Waals surface area contributed by atoms with Gasteiger partial charge < -0.3 is 9.64 Å². The number of rotatable bonds is 4. The van der Waals surface area contributed by atoms with Gasteiger partial charge >= 0.3 is 5.97 Å². The number of thiophene rings is 1. The Labute approximate surface area is 162 Å². The smallest absolute Gasteiger partial charge is 0.308 e. The minimum atomic E-state index is -0.441. The number of benzene rings is 1. The number of likely N-dealkylation sites (N-methyl/N-ethyl adjacent to an activating group) is 1. The lowest BCUT2D eigenvalue weighted by Gasteiger charge is -2.35. The lowest BCUT2D eigenvalue weighted by Crippen LogP contribution is -2.42. The first-order valence-corrected chi connectivity index (χ1v) is 9.56. The van der Waals surface area contributed by atoms with Crippen molar-refractivity contribution in [3.8, 4) is 5.06 Å². The van der Waals surface area contributed by atoms with Gasteiger partial charge in [0.2, 0.25) is 5.91 Å². The van der Waals surface area contributed by atoms with E-state index in [2.05, 4.69) is 4.90 Å². The maximum Gasteiger partial charge on any atom is 0.308 e. The minimum absolute atomic E-state index is 0.00279. The van der Waals surface area contributed by atoms with Crippen LogP contribution >= 0.6 is 22.9 Å². The topological polar surface area (TPSA) is 49.9 Å². The van der Waals surface area contributed by atoms with Crippen molar-refractivity contribution in [1.29, 1.82) is 0 Å². The molecule has 0 bridgehead atoms.